The number of carbonyl (C=O) groups excluding carboxylic acids is 1. The molecule has 7 nitrogen and oxygen atoms in total. The molecule has 4 rings (SSSR count). The highest BCUT2D eigenvalue weighted by atomic mass is 16.5. The Labute approximate surface area is 208 Å². The minimum atomic E-state index is -0.569. The summed E-state index contributed by atoms with van der Waals surface area (Å²) in [5.74, 6) is 0.400. The van der Waals surface area contributed by atoms with E-state index in [0.29, 0.717) is 43.3 Å². The predicted molar refractivity (Wildman–Crippen MR) is 137 cm³/mol. The Kier molecular flexibility index (Phi) is 8.42. The Morgan fingerprint density at radius 2 is 2.03 bits per heavy atom. The number of hydrogen-bond donors (Lipinski definition) is 2. The smallest absolute Gasteiger partial charge is 0.251 e. The number of nitrogens with zero attached hydrogens (tertiary/aromatic N) is 2. The van der Waals surface area contributed by atoms with Crippen LogP contribution in [0, 0.1) is 6.92 Å². The summed E-state index contributed by atoms with van der Waals surface area (Å²) in [5.41, 5.74) is 5.46. The number of nitrogens with one attached hydrogen (secondary N) is 1. The van der Waals surface area contributed by atoms with Crippen molar-refractivity contribution in [3.05, 3.63) is 64.4 Å². The van der Waals surface area contributed by atoms with Crippen molar-refractivity contribution in [2.24, 2.45) is 0 Å². The maximum Gasteiger partial charge on any atom is 0.251 e. The number of pyridine rings is 1. The molecule has 0 radical (unpaired) electrons. The first kappa shape index (κ1) is 25.2. The number of benzene rings is 1. The molecular formula is C28H37N3O4. The van der Waals surface area contributed by atoms with E-state index in [1.54, 1.807) is 7.11 Å². The van der Waals surface area contributed by atoms with Crippen molar-refractivity contribution in [2.45, 2.75) is 64.6 Å². The van der Waals surface area contributed by atoms with Crippen molar-refractivity contribution in [2.75, 3.05) is 31.8 Å². The van der Waals surface area contributed by atoms with Crippen LogP contribution in [0.2, 0.25) is 0 Å². The fourth-order valence-corrected chi connectivity index (χ4v) is 5.22. The number of aliphatic hydroxyl groups is 1. The molecule has 2 aliphatic heterocycles. The van der Waals surface area contributed by atoms with Crippen LogP contribution in [-0.2, 0) is 24.1 Å². The first-order chi connectivity index (χ1) is 17.0. The van der Waals surface area contributed by atoms with Gasteiger partial charge in [-0.25, -0.2) is 4.98 Å². The molecule has 0 spiro atoms. The lowest BCUT2D eigenvalue weighted by Crippen LogP contribution is -2.40. The largest absolute Gasteiger partial charge is 0.481 e. The summed E-state index contributed by atoms with van der Waals surface area (Å²) < 4.78 is 11.1. The molecule has 1 fully saturated rings. The number of ether oxygens (including phenoxy) is 2. The van der Waals surface area contributed by atoms with E-state index in [1.165, 1.54) is 0 Å². The molecule has 1 saturated heterocycles. The molecule has 0 aliphatic carbocycles. The van der Waals surface area contributed by atoms with Crippen molar-refractivity contribution in [3.8, 4) is 5.88 Å². The number of allylic oxidation sites excluding steroid dienone is 1. The van der Waals surface area contributed by atoms with Gasteiger partial charge in [-0.1, -0.05) is 18.2 Å². The normalized spacial score (nSPS) is 19.4. The van der Waals surface area contributed by atoms with Crippen LogP contribution in [0.25, 0.3) is 0 Å². The van der Waals surface area contributed by atoms with Crippen molar-refractivity contribution in [3.63, 3.8) is 0 Å². The molecule has 1 aromatic heterocycles. The molecule has 0 saturated carbocycles. The van der Waals surface area contributed by atoms with Gasteiger partial charge in [0.05, 0.1) is 13.2 Å². The summed E-state index contributed by atoms with van der Waals surface area (Å²) in [7, 11) is 1.60. The van der Waals surface area contributed by atoms with Gasteiger partial charge in [-0.3, -0.25) is 4.79 Å². The Morgan fingerprint density at radius 3 is 2.77 bits per heavy atom. The summed E-state index contributed by atoms with van der Waals surface area (Å²) >= 11 is 0. The molecule has 2 aliphatic rings. The Balaban J connectivity index is 1.73. The zero-order valence-corrected chi connectivity index (χ0v) is 21.0. The van der Waals surface area contributed by atoms with Gasteiger partial charge in [0.1, 0.15) is 0 Å². The van der Waals surface area contributed by atoms with Crippen LogP contribution in [0.4, 0.5) is 5.69 Å². The first-order valence-electron chi connectivity index (χ1n) is 12.6. The molecule has 1 unspecified atom stereocenters. The van der Waals surface area contributed by atoms with Crippen LogP contribution in [-0.4, -0.2) is 55.0 Å². The second-order valence-electron chi connectivity index (χ2n) is 9.26. The molecular weight excluding hydrogens is 442 g/mol. The van der Waals surface area contributed by atoms with Crippen LogP contribution in [0.3, 0.4) is 0 Å². The summed E-state index contributed by atoms with van der Waals surface area (Å²) in [6.07, 6.45) is 7.06. The lowest BCUT2D eigenvalue weighted by Gasteiger charge is -2.37. The van der Waals surface area contributed by atoms with E-state index in [2.05, 4.69) is 28.2 Å². The van der Waals surface area contributed by atoms with E-state index in [0.717, 1.165) is 60.7 Å². The number of hydrogen-bond acceptors (Lipinski definition) is 6. The van der Waals surface area contributed by atoms with Gasteiger partial charge >= 0.3 is 0 Å². The third-order valence-corrected chi connectivity index (χ3v) is 6.99. The Bertz CT molecular complexity index is 1060. The van der Waals surface area contributed by atoms with E-state index in [9.17, 15) is 9.90 Å². The Hall–Kier alpha value is -2.90. The van der Waals surface area contributed by atoms with Gasteiger partial charge in [-0.2, -0.15) is 0 Å². The van der Waals surface area contributed by atoms with Gasteiger partial charge in [0.15, 0.2) is 0 Å². The fourth-order valence-electron chi connectivity index (χ4n) is 5.22. The van der Waals surface area contributed by atoms with E-state index in [-0.39, 0.29) is 5.91 Å². The standard InChI is InChI=1S/C28H37N3O4/c1-4-31(21-13-15-35-16-14-21)26-10-6-9-24-23(26)8-5-7-22(32)12-11-20-17-19(2)30-28(34-3)25(20)18-29-27(24)33/h5-7,9-10,17,21-22,32H,4,8,11-16,18H2,1-3H3,(H,29,33). The highest BCUT2D eigenvalue weighted by Gasteiger charge is 2.25. The van der Waals surface area contributed by atoms with Crippen LogP contribution >= 0.6 is 0 Å². The molecule has 1 aromatic carbocycles. The van der Waals surface area contributed by atoms with Crippen molar-refractivity contribution >= 4 is 11.6 Å². The average molecular weight is 480 g/mol. The van der Waals surface area contributed by atoms with Crippen LogP contribution < -0.4 is 15.0 Å². The molecule has 2 aromatic rings. The van der Waals surface area contributed by atoms with Gasteiger partial charge in [0.2, 0.25) is 5.88 Å². The molecule has 7 heteroatoms. The number of aliphatic hydroxyl groups excluding tert-OH is 1. The minimum absolute atomic E-state index is 0.119. The maximum atomic E-state index is 13.5. The topological polar surface area (TPSA) is 83.9 Å². The second-order valence-corrected chi connectivity index (χ2v) is 9.26. The summed E-state index contributed by atoms with van der Waals surface area (Å²) in [4.78, 5) is 20.4. The monoisotopic (exact) mass is 479 g/mol. The summed E-state index contributed by atoms with van der Waals surface area (Å²) in [6.45, 7) is 6.77. The third kappa shape index (κ3) is 5.85. The molecule has 2 N–H and O–H groups in total. The van der Waals surface area contributed by atoms with Crippen molar-refractivity contribution < 1.29 is 19.4 Å². The highest BCUT2D eigenvalue weighted by Crippen LogP contribution is 2.30. The predicted octanol–water partition coefficient (Wildman–Crippen LogP) is 3.74. The number of methoxy groups -OCH3 is 1. The van der Waals surface area contributed by atoms with E-state index >= 15 is 0 Å². The molecule has 188 valence electrons. The summed E-state index contributed by atoms with van der Waals surface area (Å²) in [6, 6.07) is 8.36. The van der Waals surface area contributed by atoms with Gasteiger partial charge < -0.3 is 24.8 Å². The third-order valence-electron chi connectivity index (χ3n) is 6.99. The molecule has 3 heterocycles. The molecule has 0 bridgehead atoms. The first-order valence-corrected chi connectivity index (χ1v) is 12.6. The number of aromatic nitrogens is 1. The maximum absolute atomic E-state index is 13.5. The number of amides is 1. The number of carbonyl (C=O) groups is 1. The fraction of sp³-hybridized carbons (Fsp3) is 0.500. The molecule has 35 heavy (non-hydrogen) atoms. The number of fused-ring (bicyclic) bond motifs is 2. The lowest BCUT2D eigenvalue weighted by molar-refractivity contribution is 0.0845. The highest BCUT2D eigenvalue weighted by molar-refractivity contribution is 5.97. The zero-order chi connectivity index (χ0) is 24.8. The number of anilines is 1. The number of aryl methyl sites for hydroxylation is 2. The van der Waals surface area contributed by atoms with E-state index in [4.69, 9.17) is 9.47 Å². The lowest BCUT2D eigenvalue weighted by atomic mass is 9.97. The second kappa shape index (κ2) is 11.7. The van der Waals surface area contributed by atoms with E-state index < -0.39 is 6.10 Å². The SMILES string of the molecule is CCN(c1cccc2c1CC=CC(O)CCc1cc(C)nc(OC)c1CNC2=O)C1CCOCC1. The van der Waals surface area contributed by atoms with Crippen LogP contribution in [0.1, 0.15) is 58.9 Å². The van der Waals surface area contributed by atoms with E-state index in [1.807, 2.05) is 37.3 Å². The minimum Gasteiger partial charge on any atom is -0.481 e. The Morgan fingerprint density at radius 1 is 1.23 bits per heavy atom. The molecule has 1 atom stereocenters. The van der Waals surface area contributed by atoms with Gasteiger partial charge in [-0.05, 0) is 75.3 Å². The van der Waals surface area contributed by atoms with Crippen LogP contribution in [0.5, 0.6) is 5.88 Å². The van der Waals surface area contributed by atoms with Gasteiger partial charge in [0, 0.05) is 54.9 Å². The molecule has 1 amide bonds. The average Bonchev–Trinajstić information content (AvgIpc) is 2.88. The van der Waals surface area contributed by atoms with Gasteiger partial charge in [-0.15, -0.1) is 0 Å². The van der Waals surface area contributed by atoms with Gasteiger partial charge in [0.25, 0.3) is 5.91 Å². The van der Waals surface area contributed by atoms with Crippen LogP contribution in [0.15, 0.2) is 36.4 Å². The van der Waals surface area contributed by atoms with Crippen molar-refractivity contribution in [1.29, 1.82) is 0 Å². The summed E-state index contributed by atoms with van der Waals surface area (Å²) in [5, 5.41) is 13.8. The quantitative estimate of drug-likeness (QED) is 0.650. The number of rotatable bonds is 4. The zero-order valence-electron chi connectivity index (χ0n) is 21.0. The van der Waals surface area contributed by atoms with Crippen molar-refractivity contribution in [1.82, 2.24) is 10.3 Å².